The van der Waals surface area contributed by atoms with Crippen molar-refractivity contribution in [3.63, 3.8) is 0 Å². The predicted molar refractivity (Wildman–Crippen MR) is 127 cm³/mol. The second kappa shape index (κ2) is 8.64. The lowest BCUT2D eigenvalue weighted by atomic mass is 9.62. The van der Waals surface area contributed by atoms with Gasteiger partial charge >= 0.3 is 0 Å². The monoisotopic (exact) mass is 503 g/mol. The number of fused-ring (bicyclic) bond motifs is 1. The average molecular weight is 505 g/mol. The van der Waals surface area contributed by atoms with Gasteiger partial charge in [0.25, 0.3) is 0 Å². The van der Waals surface area contributed by atoms with E-state index in [1.807, 2.05) is 24.3 Å². The van der Waals surface area contributed by atoms with Crippen LogP contribution in [0, 0.1) is 0 Å². The normalized spacial score (nSPS) is 16.5. The van der Waals surface area contributed by atoms with Crippen LogP contribution in [0.15, 0.2) is 41.8 Å². The maximum atomic E-state index is 6.30. The van der Waals surface area contributed by atoms with Gasteiger partial charge in [0.1, 0.15) is 0 Å². The van der Waals surface area contributed by atoms with Crippen molar-refractivity contribution in [2.45, 2.75) is 64.7 Å². The largest absolute Gasteiger partial charge is 1.00 e. The summed E-state index contributed by atoms with van der Waals surface area (Å²) in [7, 11) is 0. The average Bonchev–Trinajstić information content (AvgIpc) is 3.15. The van der Waals surface area contributed by atoms with E-state index in [-0.39, 0.29) is 27.8 Å². The number of aryl methyl sites for hydroxylation is 1. The van der Waals surface area contributed by atoms with Crippen molar-refractivity contribution >= 4 is 33.8 Å². The van der Waals surface area contributed by atoms with Crippen LogP contribution in [0.3, 0.4) is 0 Å². The minimum Gasteiger partial charge on any atom is -1.00 e. The quantitative estimate of drug-likeness (QED) is 0.533. The van der Waals surface area contributed by atoms with Crippen molar-refractivity contribution in [2.24, 2.45) is 0 Å². The summed E-state index contributed by atoms with van der Waals surface area (Å²) in [6.45, 7) is 11.8. The molecule has 1 heterocycles. The molecule has 1 aliphatic rings. The zero-order chi connectivity index (χ0) is 20.8. The molecule has 30 heavy (non-hydrogen) atoms. The van der Waals surface area contributed by atoms with Crippen molar-refractivity contribution in [1.82, 2.24) is 4.98 Å². The first-order chi connectivity index (χ1) is 13.7. The van der Waals surface area contributed by atoms with Crippen LogP contribution in [-0.2, 0) is 17.3 Å². The van der Waals surface area contributed by atoms with Crippen LogP contribution in [-0.4, -0.2) is 4.98 Å². The molecule has 0 fully saturated rings. The molecule has 0 radical (unpaired) electrons. The van der Waals surface area contributed by atoms with Gasteiger partial charge in [-0.1, -0.05) is 64.4 Å². The molecule has 1 N–H and O–H groups in total. The number of thiazole rings is 1. The number of aromatic nitrogens is 1. The number of hydrogen-bond donors (Lipinski definition) is 1. The number of benzene rings is 2. The van der Waals surface area contributed by atoms with Crippen molar-refractivity contribution in [2.75, 3.05) is 5.32 Å². The highest BCUT2D eigenvalue weighted by atomic mass is 79.9. The van der Waals surface area contributed by atoms with E-state index in [1.54, 1.807) is 11.3 Å². The minimum atomic E-state index is 0. The summed E-state index contributed by atoms with van der Waals surface area (Å²) < 4.78 is 0. The molecule has 3 aromatic rings. The Kier molecular flexibility index (Phi) is 6.71. The standard InChI is InChI=1S/C25H29ClN2S.BrH/c1-6-16-13-18-19(25(4,5)12-11-24(18,2)3)14-17(16)22-15-29-23(28-22)27-21-10-8-7-9-20(21)26;/h7-10,13-15H,6,11-12H2,1-5H3,(H,27,28);1H/p-1. The molecule has 0 unspecified atom stereocenters. The van der Waals surface area contributed by atoms with Gasteiger partial charge in [-0.3, -0.25) is 0 Å². The van der Waals surface area contributed by atoms with Gasteiger partial charge in [0, 0.05) is 10.9 Å². The molecule has 0 saturated carbocycles. The van der Waals surface area contributed by atoms with Gasteiger partial charge in [-0.25, -0.2) is 4.98 Å². The summed E-state index contributed by atoms with van der Waals surface area (Å²) in [5, 5.41) is 7.09. The Labute approximate surface area is 199 Å². The third kappa shape index (κ3) is 4.32. The molecule has 1 aromatic heterocycles. The Bertz CT molecular complexity index is 1060. The van der Waals surface area contributed by atoms with Crippen LogP contribution in [0.4, 0.5) is 10.8 Å². The first-order valence-corrected chi connectivity index (χ1v) is 11.6. The van der Waals surface area contributed by atoms with Gasteiger partial charge in [-0.05, 0) is 65.0 Å². The van der Waals surface area contributed by atoms with E-state index in [1.165, 1.54) is 35.1 Å². The molecule has 0 aliphatic heterocycles. The molecule has 4 rings (SSSR count). The highest BCUT2D eigenvalue weighted by Crippen LogP contribution is 2.48. The number of halogens is 2. The molecule has 0 bridgehead atoms. The first kappa shape index (κ1) is 23.3. The van der Waals surface area contributed by atoms with Gasteiger partial charge < -0.3 is 22.3 Å². The van der Waals surface area contributed by atoms with E-state index in [9.17, 15) is 0 Å². The van der Waals surface area contributed by atoms with Gasteiger partial charge in [-0.15, -0.1) is 11.3 Å². The molecular formula is C25H29BrClN2S-. The van der Waals surface area contributed by atoms with E-state index in [0.717, 1.165) is 22.9 Å². The zero-order valence-electron chi connectivity index (χ0n) is 18.3. The van der Waals surface area contributed by atoms with Crippen LogP contribution >= 0.6 is 22.9 Å². The van der Waals surface area contributed by atoms with E-state index < -0.39 is 0 Å². The van der Waals surface area contributed by atoms with E-state index >= 15 is 0 Å². The highest BCUT2D eigenvalue weighted by Gasteiger charge is 2.37. The maximum absolute atomic E-state index is 6.30. The zero-order valence-corrected chi connectivity index (χ0v) is 21.4. The van der Waals surface area contributed by atoms with Gasteiger partial charge in [0.05, 0.1) is 16.4 Å². The lowest BCUT2D eigenvalue weighted by Gasteiger charge is -2.42. The molecule has 0 amide bonds. The number of rotatable bonds is 4. The van der Waals surface area contributed by atoms with Gasteiger partial charge in [0.15, 0.2) is 5.13 Å². The SMILES string of the molecule is CCc1cc2c(cc1-c1csc(Nc3ccccc3Cl)n1)C(C)(C)CCC2(C)C.[Br-]. The summed E-state index contributed by atoms with van der Waals surface area (Å²) in [5.41, 5.74) is 7.99. The lowest BCUT2D eigenvalue weighted by Crippen LogP contribution is -3.00. The molecule has 160 valence electrons. The topological polar surface area (TPSA) is 24.9 Å². The van der Waals surface area contributed by atoms with Crippen LogP contribution in [0.5, 0.6) is 0 Å². The molecule has 0 saturated heterocycles. The third-order valence-electron chi connectivity index (χ3n) is 6.35. The van der Waals surface area contributed by atoms with E-state index in [4.69, 9.17) is 16.6 Å². The summed E-state index contributed by atoms with van der Waals surface area (Å²) >= 11 is 7.92. The van der Waals surface area contributed by atoms with Crippen LogP contribution in [0.1, 0.15) is 64.2 Å². The van der Waals surface area contributed by atoms with Crippen LogP contribution in [0.2, 0.25) is 5.02 Å². The number of nitrogens with zero attached hydrogens (tertiary/aromatic N) is 1. The van der Waals surface area contributed by atoms with Crippen molar-refractivity contribution in [3.05, 3.63) is 63.5 Å². The Morgan fingerprint density at radius 3 is 2.30 bits per heavy atom. The summed E-state index contributed by atoms with van der Waals surface area (Å²) in [6.07, 6.45) is 3.45. The van der Waals surface area contributed by atoms with E-state index in [0.29, 0.717) is 5.02 Å². The third-order valence-corrected chi connectivity index (χ3v) is 7.44. The molecule has 0 atom stereocenters. The fourth-order valence-corrected chi connectivity index (χ4v) is 5.23. The second-order valence-corrected chi connectivity index (χ2v) is 10.6. The molecule has 0 spiro atoms. The smallest absolute Gasteiger partial charge is 0.187 e. The van der Waals surface area contributed by atoms with Crippen LogP contribution in [0.25, 0.3) is 11.3 Å². The Morgan fingerprint density at radius 1 is 1.03 bits per heavy atom. The summed E-state index contributed by atoms with van der Waals surface area (Å²) in [4.78, 5) is 4.91. The van der Waals surface area contributed by atoms with E-state index in [2.05, 4.69) is 57.4 Å². The summed E-state index contributed by atoms with van der Waals surface area (Å²) in [5.74, 6) is 0. The summed E-state index contributed by atoms with van der Waals surface area (Å²) in [6, 6.07) is 12.6. The van der Waals surface area contributed by atoms with Crippen molar-refractivity contribution in [1.29, 1.82) is 0 Å². The number of nitrogens with one attached hydrogen (secondary N) is 1. The number of anilines is 2. The fraction of sp³-hybridized carbons (Fsp3) is 0.400. The van der Waals surface area contributed by atoms with Crippen molar-refractivity contribution in [3.8, 4) is 11.3 Å². The minimum absolute atomic E-state index is 0. The highest BCUT2D eigenvalue weighted by molar-refractivity contribution is 7.14. The lowest BCUT2D eigenvalue weighted by molar-refractivity contribution is -0.00000632. The molecular weight excluding hydrogens is 476 g/mol. The fourth-order valence-electron chi connectivity index (χ4n) is 4.32. The molecule has 1 aliphatic carbocycles. The molecule has 5 heteroatoms. The van der Waals surface area contributed by atoms with Gasteiger partial charge in [-0.2, -0.15) is 0 Å². The van der Waals surface area contributed by atoms with Crippen molar-refractivity contribution < 1.29 is 17.0 Å². The predicted octanol–water partition coefficient (Wildman–Crippen LogP) is 5.12. The number of hydrogen-bond acceptors (Lipinski definition) is 3. The van der Waals surface area contributed by atoms with Gasteiger partial charge in [0.2, 0.25) is 0 Å². The van der Waals surface area contributed by atoms with Crippen LogP contribution < -0.4 is 22.3 Å². The molecule has 2 aromatic carbocycles. The first-order valence-electron chi connectivity index (χ1n) is 10.4. The number of para-hydroxylation sites is 1. The second-order valence-electron chi connectivity index (χ2n) is 9.32. The Balaban J connectivity index is 0.00000256. The Hall–Kier alpha value is -1.36. The molecule has 2 nitrogen and oxygen atoms in total. The Morgan fingerprint density at radius 2 is 1.67 bits per heavy atom. The maximum Gasteiger partial charge on any atom is 0.187 e.